The maximum atomic E-state index is 12.8. The number of carbonyl (C=O) groups excluding carboxylic acids is 4. The van der Waals surface area contributed by atoms with Gasteiger partial charge in [-0.2, -0.15) is 0 Å². The molecule has 186 valence electrons. The Hall–Kier alpha value is -2.69. The molecule has 0 atom stereocenters. The molecule has 1 aromatic rings. The fraction of sp³-hybridized carbons (Fsp3) is 0.682. The Bertz CT molecular complexity index is 806. The SMILES string of the molecule is CC(C)(C)OC(=O)N(C(=O)CCCN(C(=O)OC(C)(C)C)c1nccs1)C(=O)OC(C)(C)C. The lowest BCUT2D eigenvalue weighted by molar-refractivity contribution is -0.129. The van der Waals surface area contributed by atoms with Gasteiger partial charge in [-0.15, -0.1) is 16.2 Å². The Morgan fingerprint density at radius 3 is 1.67 bits per heavy atom. The molecule has 11 heteroatoms. The van der Waals surface area contributed by atoms with E-state index in [-0.39, 0.29) is 19.4 Å². The smallest absolute Gasteiger partial charge is 0.426 e. The van der Waals surface area contributed by atoms with Crippen LogP contribution in [0.25, 0.3) is 0 Å². The van der Waals surface area contributed by atoms with E-state index in [4.69, 9.17) is 14.2 Å². The van der Waals surface area contributed by atoms with Gasteiger partial charge >= 0.3 is 18.3 Å². The number of thiazole rings is 1. The van der Waals surface area contributed by atoms with Crippen LogP contribution in [0.2, 0.25) is 0 Å². The first-order chi connectivity index (χ1) is 14.9. The van der Waals surface area contributed by atoms with Crippen molar-refractivity contribution in [2.75, 3.05) is 11.4 Å². The van der Waals surface area contributed by atoms with Crippen LogP contribution in [0.4, 0.5) is 19.5 Å². The van der Waals surface area contributed by atoms with E-state index in [0.29, 0.717) is 10.0 Å². The monoisotopic (exact) mass is 485 g/mol. The van der Waals surface area contributed by atoms with Gasteiger partial charge in [0, 0.05) is 24.5 Å². The minimum absolute atomic E-state index is 0.0879. The molecular formula is C22H35N3O7S. The molecule has 0 radical (unpaired) electrons. The lowest BCUT2D eigenvalue weighted by Gasteiger charge is -2.28. The highest BCUT2D eigenvalue weighted by atomic mass is 32.1. The highest BCUT2D eigenvalue weighted by Gasteiger charge is 2.36. The number of ether oxygens (including phenoxy) is 3. The van der Waals surface area contributed by atoms with Gasteiger partial charge in [-0.1, -0.05) is 0 Å². The second-order valence-electron chi connectivity index (χ2n) is 10.2. The van der Waals surface area contributed by atoms with Crippen molar-refractivity contribution in [3.8, 4) is 0 Å². The molecule has 1 aromatic heterocycles. The number of carbonyl (C=O) groups is 4. The van der Waals surface area contributed by atoms with Gasteiger partial charge in [0.1, 0.15) is 16.8 Å². The van der Waals surface area contributed by atoms with Crippen molar-refractivity contribution in [3.63, 3.8) is 0 Å². The molecule has 0 saturated carbocycles. The van der Waals surface area contributed by atoms with Gasteiger partial charge in [0.25, 0.3) is 0 Å². The average Bonchev–Trinajstić information content (AvgIpc) is 3.07. The number of imide groups is 3. The van der Waals surface area contributed by atoms with E-state index in [1.807, 2.05) is 0 Å². The van der Waals surface area contributed by atoms with Gasteiger partial charge in [0.2, 0.25) is 5.91 Å². The van der Waals surface area contributed by atoms with Gasteiger partial charge < -0.3 is 14.2 Å². The van der Waals surface area contributed by atoms with Crippen molar-refractivity contribution in [2.24, 2.45) is 0 Å². The van der Waals surface area contributed by atoms with E-state index in [2.05, 4.69) is 4.98 Å². The van der Waals surface area contributed by atoms with Gasteiger partial charge in [0.15, 0.2) is 5.13 Å². The largest absolute Gasteiger partial charge is 0.443 e. The van der Waals surface area contributed by atoms with Crippen molar-refractivity contribution in [1.29, 1.82) is 0 Å². The highest BCUT2D eigenvalue weighted by Crippen LogP contribution is 2.22. The first-order valence-corrected chi connectivity index (χ1v) is 11.5. The third kappa shape index (κ3) is 10.6. The quantitative estimate of drug-likeness (QED) is 0.512. The van der Waals surface area contributed by atoms with E-state index in [1.54, 1.807) is 73.9 Å². The average molecular weight is 486 g/mol. The molecule has 0 aliphatic carbocycles. The molecule has 10 nitrogen and oxygen atoms in total. The second kappa shape index (κ2) is 11.0. The second-order valence-corrected chi connectivity index (χ2v) is 11.1. The highest BCUT2D eigenvalue weighted by molar-refractivity contribution is 7.13. The van der Waals surface area contributed by atoms with E-state index >= 15 is 0 Å². The van der Waals surface area contributed by atoms with E-state index in [9.17, 15) is 19.2 Å². The molecule has 0 bridgehead atoms. The van der Waals surface area contributed by atoms with E-state index in [0.717, 1.165) is 0 Å². The maximum absolute atomic E-state index is 12.8. The summed E-state index contributed by atoms with van der Waals surface area (Å²) in [7, 11) is 0. The molecule has 4 amide bonds. The summed E-state index contributed by atoms with van der Waals surface area (Å²) in [6.07, 6.45) is -1.38. The molecule has 0 aromatic carbocycles. The summed E-state index contributed by atoms with van der Waals surface area (Å²) in [5, 5.41) is 2.12. The molecule has 1 heterocycles. The van der Waals surface area contributed by atoms with Gasteiger partial charge in [-0.05, 0) is 68.7 Å². The fourth-order valence-electron chi connectivity index (χ4n) is 2.32. The number of rotatable bonds is 5. The van der Waals surface area contributed by atoms with E-state index in [1.165, 1.54) is 16.2 Å². The Balaban J connectivity index is 2.95. The third-order valence-electron chi connectivity index (χ3n) is 3.44. The van der Waals surface area contributed by atoms with Crippen LogP contribution in [0.15, 0.2) is 11.6 Å². The van der Waals surface area contributed by atoms with Crippen LogP contribution in [-0.4, -0.2) is 57.4 Å². The van der Waals surface area contributed by atoms with Crippen LogP contribution >= 0.6 is 11.3 Å². The maximum Gasteiger partial charge on any atom is 0.426 e. The molecule has 0 aliphatic heterocycles. The van der Waals surface area contributed by atoms with Crippen molar-refractivity contribution in [1.82, 2.24) is 9.88 Å². The molecule has 0 fully saturated rings. The van der Waals surface area contributed by atoms with Gasteiger partial charge in [-0.3, -0.25) is 9.69 Å². The lowest BCUT2D eigenvalue weighted by Crippen LogP contribution is -2.47. The minimum atomic E-state index is -1.12. The molecule has 0 saturated heterocycles. The van der Waals surface area contributed by atoms with Crippen LogP contribution < -0.4 is 4.90 Å². The Labute approximate surface area is 199 Å². The molecule has 0 spiro atoms. The van der Waals surface area contributed by atoms with Crippen molar-refractivity contribution < 1.29 is 33.4 Å². The topological polar surface area (TPSA) is 115 Å². The first-order valence-electron chi connectivity index (χ1n) is 10.6. The number of aromatic nitrogens is 1. The first kappa shape index (κ1) is 28.3. The Kier molecular flexibility index (Phi) is 9.41. The molecule has 33 heavy (non-hydrogen) atoms. The molecular weight excluding hydrogens is 450 g/mol. The van der Waals surface area contributed by atoms with Crippen molar-refractivity contribution in [2.45, 2.75) is 92.0 Å². The molecule has 0 aliphatic rings. The van der Waals surface area contributed by atoms with Crippen molar-refractivity contribution in [3.05, 3.63) is 11.6 Å². The van der Waals surface area contributed by atoms with Crippen molar-refractivity contribution >= 4 is 40.7 Å². The summed E-state index contributed by atoms with van der Waals surface area (Å²) >= 11 is 1.24. The minimum Gasteiger partial charge on any atom is -0.443 e. The summed E-state index contributed by atoms with van der Waals surface area (Å²) in [6.45, 7) is 15.0. The number of nitrogens with zero attached hydrogens (tertiary/aromatic N) is 3. The van der Waals surface area contributed by atoms with Crippen LogP contribution in [0.1, 0.15) is 75.2 Å². The van der Waals surface area contributed by atoms with Crippen LogP contribution in [-0.2, 0) is 19.0 Å². The summed E-state index contributed by atoms with van der Waals surface area (Å²) < 4.78 is 15.8. The zero-order valence-electron chi connectivity index (χ0n) is 20.9. The fourth-order valence-corrected chi connectivity index (χ4v) is 2.98. The molecule has 0 unspecified atom stereocenters. The zero-order chi connectivity index (χ0) is 25.6. The number of hydrogen-bond donors (Lipinski definition) is 0. The normalized spacial score (nSPS) is 12.0. The number of hydrogen-bond acceptors (Lipinski definition) is 9. The number of anilines is 1. The van der Waals surface area contributed by atoms with E-state index < -0.39 is 41.0 Å². The molecule has 1 rings (SSSR count). The standard InChI is InChI=1S/C22H35N3O7S/c1-20(2,3)30-17(27)24(16-23-12-14-33-16)13-10-11-15(26)25(18(28)31-21(4,5)6)19(29)32-22(7,8)9/h12,14H,10-11,13H2,1-9H3. The molecule has 0 N–H and O–H groups in total. The predicted molar refractivity (Wildman–Crippen MR) is 124 cm³/mol. The lowest BCUT2D eigenvalue weighted by atomic mass is 10.2. The van der Waals surface area contributed by atoms with Gasteiger partial charge in [-0.25, -0.2) is 19.4 Å². The Morgan fingerprint density at radius 1 is 0.818 bits per heavy atom. The summed E-state index contributed by atoms with van der Waals surface area (Å²) in [5.74, 6) is -0.804. The van der Waals surface area contributed by atoms with Crippen LogP contribution in [0.5, 0.6) is 0 Å². The zero-order valence-corrected chi connectivity index (χ0v) is 21.7. The summed E-state index contributed by atoms with van der Waals surface area (Å²) in [4.78, 5) is 56.4. The van der Waals surface area contributed by atoms with Gasteiger partial charge in [0.05, 0.1) is 0 Å². The number of amides is 4. The summed E-state index contributed by atoms with van der Waals surface area (Å²) in [5.41, 5.74) is -2.56. The van der Waals surface area contributed by atoms with Crippen LogP contribution in [0, 0.1) is 0 Å². The summed E-state index contributed by atoms with van der Waals surface area (Å²) in [6, 6.07) is 0. The Morgan fingerprint density at radius 2 is 1.27 bits per heavy atom. The third-order valence-corrected chi connectivity index (χ3v) is 4.23. The van der Waals surface area contributed by atoms with Crippen LogP contribution in [0.3, 0.4) is 0 Å². The predicted octanol–water partition coefficient (Wildman–Crippen LogP) is 5.36.